The van der Waals surface area contributed by atoms with Crippen molar-refractivity contribution in [2.75, 3.05) is 32.7 Å². The Balaban J connectivity index is 1.67. The van der Waals surface area contributed by atoms with Crippen LogP contribution in [-0.4, -0.2) is 47.4 Å². The molecule has 2 saturated heterocycles. The Hall–Kier alpha value is -1.65. The zero-order valence-electron chi connectivity index (χ0n) is 14.7. The molecule has 0 bridgehead atoms. The molecule has 0 aliphatic carbocycles. The molecule has 1 aromatic heterocycles. The predicted molar refractivity (Wildman–Crippen MR) is 98.1 cm³/mol. The predicted octanol–water partition coefficient (Wildman–Crippen LogP) is 2.80. The average Bonchev–Trinajstić information content (AvgIpc) is 3.28. The number of aromatic nitrogens is 2. The molecule has 0 saturated carbocycles. The summed E-state index contributed by atoms with van der Waals surface area (Å²) in [6, 6.07) is 9.20. The molecule has 128 valence electrons. The highest BCUT2D eigenvalue weighted by molar-refractivity contribution is 5.63. The third-order valence-electron chi connectivity index (χ3n) is 5.80. The lowest BCUT2D eigenvalue weighted by atomic mass is 9.72. The maximum atomic E-state index is 4.33. The van der Waals surface area contributed by atoms with Gasteiger partial charge in [-0.2, -0.15) is 5.10 Å². The van der Waals surface area contributed by atoms with E-state index in [9.17, 15) is 0 Å². The Bertz CT molecular complexity index is 678. The highest BCUT2D eigenvalue weighted by Gasteiger charge is 2.36. The van der Waals surface area contributed by atoms with E-state index in [1.165, 1.54) is 62.0 Å². The van der Waals surface area contributed by atoms with Crippen molar-refractivity contribution >= 4 is 0 Å². The van der Waals surface area contributed by atoms with E-state index >= 15 is 0 Å². The van der Waals surface area contributed by atoms with Crippen molar-refractivity contribution < 1.29 is 0 Å². The molecule has 2 aliphatic rings. The van der Waals surface area contributed by atoms with Crippen LogP contribution in [0.2, 0.25) is 0 Å². The van der Waals surface area contributed by atoms with E-state index in [2.05, 4.69) is 45.8 Å². The second-order valence-electron chi connectivity index (χ2n) is 7.50. The first-order valence-corrected chi connectivity index (χ1v) is 9.28. The van der Waals surface area contributed by atoms with E-state index in [1.807, 2.05) is 17.9 Å². The van der Waals surface area contributed by atoms with Gasteiger partial charge >= 0.3 is 0 Å². The normalized spacial score (nSPS) is 21.2. The summed E-state index contributed by atoms with van der Waals surface area (Å²) in [6.45, 7) is 6.02. The van der Waals surface area contributed by atoms with Gasteiger partial charge in [0.25, 0.3) is 0 Å². The number of hydrogen-bond donors (Lipinski definition) is 1. The van der Waals surface area contributed by atoms with Crippen molar-refractivity contribution in [2.24, 2.45) is 7.05 Å². The quantitative estimate of drug-likeness (QED) is 0.939. The smallest absolute Gasteiger partial charge is 0.0568 e. The summed E-state index contributed by atoms with van der Waals surface area (Å²) in [7, 11) is 1.98. The van der Waals surface area contributed by atoms with Gasteiger partial charge in [0.05, 0.1) is 6.20 Å². The van der Waals surface area contributed by atoms with E-state index in [1.54, 1.807) is 0 Å². The molecule has 24 heavy (non-hydrogen) atoms. The van der Waals surface area contributed by atoms with Crippen LogP contribution in [0.1, 0.15) is 31.2 Å². The zero-order chi connectivity index (χ0) is 16.4. The Kier molecular flexibility index (Phi) is 4.42. The fourth-order valence-electron chi connectivity index (χ4n) is 4.41. The highest BCUT2D eigenvalue weighted by atomic mass is 15.2. The number of nitrogens with zero attached hydrogens (tertiary/aromatic N) is 3. The first-order chi connectivity index (χ1) is 11.8. The third-order valence-corrected chi connectivity index (χ3v) is 5.80. The molecule has 1 N–H and O–H groups in total. The summed E-state index contributed by atoms with van der Waals surface area (Å²) in [6.07, 6.45) is 9.28. The van der Waals surface area contributed by atoms with Crippen molar-refractivity contribution in [3.63, 3.8) is 0 Å². The molecular formula is C20H28N4. The standard InChI is InChI=1S/C20H28N4/c1-23-15-18(14-22-23)17-5-4-6-19(13-17)20(7-9-21-10-8-20)16-24-11-2-3-12-24/h4-6,13-15,21H,2-3,7-12,16H2,1H3. The SMILES string of the molecule is Cn1cc(-c2cccc(C3(CN4CCCC4)CCNCC3)c2)cn1. The summed E-state index contributed by atoms with van der Waals surface area (Å²) in [5.74, 6) is 0. The lowest BCUT2D eigenvalue weighted by Crippen LogP contribution is -2.47. The second-order valence-corrected chi connectivity index (χ2v) is 7.50. The largest absolute Gasteiger partial charge is 0.317 e. The van der Waals surface area contributed by atoms with E-state index in [0.29, 0.717) is 5.41 Å². The van der Waals surface area contributed by atoms with Gasteiger partial charge in [-0.05, 0) is 63.0 Å². The minimum atomic E-state index is 0.299. The molecule has 2 fully saturated rings. The lowest BCUT2D eigenvalue weighted by Gasteiger charge is -2.41. The van der Waals surface area contributed by atoms with Crippen LogP contribution in [0.4, 0.5) is 0 Å². The Morgan fingerprint density at radius 2 is 1.92 bits per heavy atom. The fraction of sp³-hybridized carbons (Fsp3) is 0.550. The van der Waals surface area contributed by atoms with E-state index in [0.717, 1.165) is 13.1 Å². The Labute approximate surface area is 144 Å². The van der Waals surface area contributed by atoms with Crippen molar-refractivity contribution in [2.45, 2.75) is 31.1 Å². The van der Waals surface area contributed by atoms with Gasteiger partial charge in [0.2, 0.25) is 0 Å². The zero-order valence-corrected chi connectivity index (χ0v) is 14.7. The number of aryl methyl sites for hydroxylation is 1. The van der Waals surface area contributed by atoms with E-state index < -0.39 is 0 Å². The first kappa shape index (κ1) is 15.9. The number of piperidine rings is 1. The third kappa shape index (κ3) is 3.13. The van der Waals surface area contributed by atoms with Crippen LogP contribution in [0.15, 0.2) is 36.7 Å². The number of likely N-dealkylation sites (tertiary alicyclic amines) is 1. The molecule has 1 aromatic carbocycles. The summed E-state index contributed by atoms with van der Waals surface area (Å²) >= 11 is 0. The maximum Gasteiger partial charge on any atom is 0.0568 e. The number of benzene rings is 1. The minimum Gasteiger partial charge on any atom is -0.317 e. The molecule has 4 heteroatoms. The van der Waals surface area contributed by atoms with Gasteiger partial charge in [-0.3, -0.25) is 4.68 Å². The minimum absolute atomic E-state index is 0.299. The summed E-state index contributed by atoms with van der Waals surface area (Å²) in [5.41, 5.74) is 4.31. The van der Waals surface area contributed by atoms with E-state index in [4.69, 9.17) is 0 Å². The molecule has 2 aliphatic heterocycles. The fourth-order valence-corrected chi connectivity index (χ4v) is 4.41. The van der Waals surface area contributed by atoms with Crippen LogP contribution in [0, 0.1) is 0 Å². The van der Waals surface area contributed by atoms with Gasteiger partial charge in [-0.15, -0.1) is 0 Å². The first-order valence-electron chi connectivity index (χ1n) is 9.28. The van der Waals surface area contributed by atoms with Crippen molar-refractivity contribution in [3.05, 3.63) is 42.2 Å². The van der Waals surface area contributed by atoms with E-state index in [-0.39, 0.29) is 0 Å². The topological polar surface area (TPSA) is 33.1 Å². The maximum absolute atomic E-state index is 4.33. The van der Waals surface area contributed by atoms with Crippen molar-refractivity contribution in [3.8, 4) is 11.1 Å². The summed E-state index contributed by atoms with van der Waals surface area (Å²) < 4.78 is 1.88. The van der Waals surface area contributed by atoms with Crippen molar-refractivity contribution in [1.82, 2.24) is 20.0 Å². The highest BCUT2D eigenvalue weighted by Crippen LogP contribution is 2.37. The van der Waals surface area contributed by atoms with Crippen LogP contribution < -0.4 is 5.32 Å². The molecule has 0 radical (unpaired) electrons. The van der Waals surface area contributed by atoms with Crippen LogP contribution in [0.3, 0.4) is 0 Å². The number of rotatable bonds is 4. The number of hydrogen-bond acceptors (Lipinski definition) is 3. The molecule has 0 spiro atoms. The van der Waals surface area contributed by atoms with Crippen LogP contribution >= 0.6 is 0 Å². The van der Waals surface area contributed by atoms with Crippen molar-refractivity contribution in [1.29, 1.82) is 0 Å². The molecule has 0 unspecified atom stereocenters. The molecule has 0 amide bonds. The summed E-state index contributed by atoms with van der Waals surface area (Å²) in [4.78, 5) is 2.68. The lowest BCUT2D eigenvalue weighted by molar-refractivity contribution is 0.200. The van der Waals surface area contributed by atoms with Crippen LogP contribution in [-0.2, 0) is 12.5 Å². The average molecular weight is 324 g/mol. The molecule has 0 atom stereocenters. The van der Waals surface area contributed by atoms with Gasteiger partial charge in [-0.1, -0.05) is 24.3 Å². The molecule has 4 nitrogen and oxygen atoms in total. The van der Waals surface area contributed by atoms with Gasteiger partial charge in [-0.25, -0.2) is 0 Å². The number of nitrogens with one attached hydrogen (secondary N) is 1. The second kappa shape index (κ2) is 6.69. The molecule has 4 rings (SSSR count). The molecule has 3 heterocycles. The van der Waals surface area contributed by atoms with Gasteiger partial charge in [0, 0.05) is 30.8 Å². The van der Waals surface area contributed by atoms with Gasteiger partial charge in [0.15, 0.2) is 0 Å². The van der Waals surface area contributed by atoms with Gasteiger partial charge < -0.3 is 10.2 Å². The molecular weight excluding hydrogens is 296 g/mol. The Morgan fingerprint density at radius 3 is 2.62 bits per heavy atom. The summed E-state index contributed by atoms with van der Waals surface area (Å²) in [5, 5.41) is 7.89. The van der Waals surface area contributed by atoms with Gasteiger partial charge in [0.1, 0.15) is 0 Å². The van der Waals surface area contributed by atoms with Crippen LogP contribution in [0.5, 0.6) is 0 Å². The van der Waals surface area contributed by atoms with Crippen LogP contribution in [0.25, 0.3) is 11.1 Å². The Morgan fingerprint density at radius 1 is 1.12 bits per heavy atom. The molecule has 2 aromatic rings. The monoisotopic (exact) mass is 324 g/mol.